The average Bonchev–Trinajstić information content (AvgIpc) is 2.33. The third-order valence-corrected chi connectivity index (χ3v) is 1.32. The molecule has 1 aromatic rings. The number of nitrogens with zero attached hydrogens (tertiary/aromatic N) is 1. The van der Waals surface area contributed by atoms with E-state index in [1.54, 1.807) is 0 Å². The molecule has 0 aliphatic rings. The van der Waals surface area contributed by atoms with Crippen molar-refractivity contribution in [2.24, 2.45) is 0 Å². The Bertz CT molecular complexity index is 264. The van der Waals surface area contributed by atoms with Gasteiger partial charge in [-0.1, -0.05) is 19.0 Å². The predicted octanol–water partition coefficient (Wildman–Crippen LogP) is 0.161. The van der Waals surface area contributed by atoms with E-state index in [-0.39, 0.29) is 11.7 Å². The first kappa shape index (κ1) is 7.78. The van der Waals surface area contributed by atoms with E-state index in [2.05, 4.69) is 9.68 Å². The molecular formula is C7H8NO3-. The van der Waals surface area contributed by atoms with Crippen LogP contribution in [0.4, 0.5) is 0 Å². The molecule has 0 fully saturated rings. The number of hydrogen-bond acceptors (Lipinski definition) is 4. The van der Waals surface area contributed by atoms with Gasteiger partial charge in [0.05, 0.1) is 5.69 Å². The highest BCUT2D eigenvalue weighted by Gasteiger charge is 2.07. The highest BCUT2D eigenvalue weighted by molar-refractivity contribution is 5.82. The molecule has 0 aromatic carbocycles. The van der Waals surface area contributed by atoms with Gasteiger partial charge in [0.1, 0.15) is 5.97 Å². The summed E-state index contributed by atoms with van der Waals surface area (Å²) in [6, 6.07) is 1.38. The van der Waals surface area contributed by atoms with Gasteiger partial charge in [-0.25, -0.2) is 0 Å². The zero-order valence-electron chi connectivity index (χ0n) is 6.33. The zero-order chi connectivity index (χ0) is 8.43. The highest BCUT2D eigenvalue weighted by Crippen LogP contribution is 2.12. The van der Waals surface area contributed by atoms with E-state index in [0.29, 0.717) is 5.69 Å². The Labute approximate surface area is 63.8 Å². The van der Waals surface area contributed by atoms with Crippen LogP contribution in [0.5, 0.6) is 0 Å². The maximum absolute atomic E-state index is 10.2. The summed E-state index contributed by atoms with van der Waals surface area (Å²) in [5.74, 6) is -1.37. The van der Waals surface area contributed by atoms with Gasteiger partial charge in [0.2, 0.25) is 0 Å². The first-order valence-corrected chi connectivity index (χ1v) is 3.29. The Hall–Kier alpha value is -1.32. The lowest BCUT2D eigenvalue weighted by Gasteiger charge is -1.93. The maximum atomic E-state index is 10.2. The van der Waals surface area contributed by atoms with Gasteiger partial charge in [-0.05, 0) is 5.92 Å². The van der Waals surface area contributed by atoms with Gasteiger partial charge in [-0.3, -0.25) is 0 Å². The lowest BCUT2D eigenvalue weighted by molar-refractivity contribution is -0.257. The molecule has 4 nitrogen and oxygen atoms in total. The maximum Gasteiger partial charge on any atom is 0.182 e. The minimum Gasteiger partial charge on any atom is -0.541 e. The summed E-state index contributed by atoms with van der Waals surface area (Å²) >= 11 is 0. The fraction of sp³-hybridized carbons (Fsp3) is 0.429. The lowest BCUT2D eigenvalue weighted by Crippen LogP contribution is -2.21. The Kier molecular flexibility index (Phi) is 1.94. The molecule has 0 radical (unpaired) electrons. The van der Waals surface area contributed by atoms with Gasteiger partial charge in [0.25, 0.3) is 0 Å². The van der Waals surface area contributed by atoms with Gasteiger partial charge < -0.3 is 14.4 Å². The fourth-order valence-corrected chi connectivity index (χ4v) is 0.657. The topological polar surface area (TPSA) is 66.2 Å². The quantitative estimate of drug-likeness (QED) is 0.608. The average molecular weight is 154 g/mol. The van der Waals surface area contributed by atoms with Crippen molar-refractivity contribution in [3.63, 3.8) is 0 Å². The number of hydrogen-bond donors (Lipinski definition) is 0. The summed E-state index contributed by atoms with van der Waals surface area (Å²) < 4.78 is 4.48. The Morgan fingerprint density at radius 1 is 1.73 bits per heavy atom. The van der Waals surface area contributed by atoms with E-state index in [0.717, 1.165) is 0 Å². The van der Waals surface area contributed by atoms with Crippen molar-refractivity contribution in [1.82, 2.24) is 5.16 Å². The van der Waals surface area contributed by atoms with Crippen molar-refractivity contribution in [3.8, 4) is 0 Å². The third-order valence-electron chi connectivity index (χ3n) is 1.32. The zero-order valence-corrected chi connectivity index (χ0v) is 6.33. The van der Waals surface area contributed by atoms with Crippen LogP contribution in [0.3, 0.4) is 0 Å². The number of carboxylic acids is 1. The summed E-state index contributed by atoms with van der Waals surface area (Å²) in [6.45, 7) is 3.80. The predicted molar refractivity (Wildman–Crippen MR) is 34.9 cm³/mol. The van der Waals surface area contributed by atoms with Crippen molar-refractivity contribution < 1.29 is 14.4 Å². The minimum atomic E-state index is -1.33. The summed E-state index contributed by atoms with van der Waals surface area (Å²) in [7, 11) is 0. The molecular weight excluding hydrogens is 146 g/mol. The molecule has 0 N–H and O–H groups in total. The summed E-state index contributed by atoms with van der Waals surface area (Å²) in [6.07, 6.45) is 0. The molecule has 0 saturated heterocycles. The van der Waals surface area contributed by atoms with Gasteiger partial charge in [-0.15, -0.1) is 0 Å². The van der Waals surface area contributed by atoms with Gasteiger partial charge >= 0.3 is 0 Å². The fourth-order valence-electron chi connectivity index (χ4n) is 0.657. The van der Waals surface area contributed by atoms with Crippen LogP contribution in [0.25, 0.3) is 0 Å². The number of rotatable bonds is 2. The lowest BCUT2D eigenvalue weighted by atomic mass is 10.1. The Morgan fingerprint density at radius 2 is 2.36 bits per heavy atom. The number of carboxylic acid groups (broad SMARTS) is 1. The number of aromatic carboxylic acids is 1. The molecule has 0 unspecified atom stereocenters. The summed E-state index contributed by atoms with van der Waals surface area (Å²) in [5.41, 5.74) is 0.629. The van der Waals surface area contributed by atoms with Crippen LogP contribution >= 0.6 is 0 Å². The second-order valence-electron chi connectivity index (χ2n) is 2.56. The van der Waals surface area contributed by atoms with E-state index < -0.39 is 5.97 Å². The van der Waals surface area contributed by atoms with Gasteiger partial charge in [0.15, 0.2) is 5.76 Å². The third kappa shape index (κ3) is 1.58. The van der Waals surface area contributed by atoms with Crippen molar-refractivity contribution >= 4 is 5.97 Å². The number of carbonyl (C=O) groups is 1. The Balaban J connectivity index is 2.90. The van der Waals surface area contributed by atoms with Crippen LogP contribution in [-0.4, -0.2) is 11.1 Å². The molecule has 1 heterocycles. The van der Waals surface area contributed by atoms with E-state index in [4.69, 9.17) is 0 Å². The summed E-state index contributed by atoms with van der Waals surface area (Å²) in [4.78, 5) is 10.2. The van der Waals surface area contributed by atoms with Crippen LogP contribution in [0.15, 0.2) is 10.6 Å². The molecule has 0 saturated carbocycles. The standard InChI is InChI=1S/C7H9NO3/c1-4(2)5-3-6(7(9)10)11-8-5/h3-4H,1-2H3,(H,9,10)/p-1. The monoisotopic (exact) mass is 154 g/mol. The van der Waals surface area contributed by atoms with Gasteiger partial charge in [-0.2, -0.15) is 0 Å². The van der Waals surface area contributed by atoms with Crippen LogP contribution < -0.4 is 5.11 Å². The van der Waals surface area contributed by atoms with E-state index in [1.165, 1.54) is 6.07 Å². The van der Waals surface area contributed by atoms with E-state index >= 15 is 0 Å². The normalized spacial score (nSPS) is 10.5. The van der Waals surface area contributed by atoms with E-state index in [9.17, 15) is 9.90 Å². The summed E-state index contributed by atoms with van der Waals surface area (Å²) in [5, 5.41) is 13.7. The molecule has 1 aromatic heterocycles. The van der Waals surface area contributed by atoms with E-state index in [1.807, 2.05) is 13.8 Å². The van der Waals surface area contributed by atoms with Crippen LogP contribution in [0, 0.1) is 0 Å². The SMILES string of the molecule is CC(C)c1cc(C(=O)[O-])on1. The van der Waals surface area contributed by atoms with Crippen LogP contribution in [0.2, 0.25) is 0 Å². The molecule has 4 heteroatoms. The molecule has 0 bridgehead atoms. The van der Waals surface area contributed by atoms with Crippen LogP contribution in [-0.2, 0) is 0 Å². The molecule has 0 amide bonds. The largest absolute Gasteiger partial charge is 0.541 e. The molecule has 0 atom stereocenters. The van der Waals surface area contributed by atoms with Gasteiger partial charge in [0, 0.05) is 6.07 Å². The second-order valence-corrected chi connectivity index (χ2v) is 2.56. The van der Waals surface area contributed by atoms with Crippen molar-refractivity contribution in [2.75, 3.05) is 0 Å². The first-order valence-electron chi connectivity index (χ1n) is 3.29. The van der Waals surface area contributed by atoms with Crippen molar-refractivity contribution in [2.45, 2.75) is 19.8 Å². The van der Waals surface area contributed by atoms with Crippen LogP contribution in [0.1, 0.15) is 36.0 Å². The molecule has 0 aliphatic heterocycles. The molecule has 11 heavy (non-hydrogen) atoms. The highest BCUT2D eigenvalue weighted by atomic mass is 16.5. The molecule has 1 rings (SSSR count). The first-order chi connectivity index (χ1) is 5.11. The smallest absolute Gasteiger partial charge is 0.182 e. The Morgan fingerprint density at radius 3 is 2.64 bits per heavy atom. The van der Waals surface area contributed by atoms with Crippen molar-refractivity contribution in [1.29, 1.82) is 0 Å². The molecule has 0 aliphatic carbocycles. The number of aromatic nitrogens is 1. The number of carbonyl (C=O) groups excluding carboxylic acids is 1. The molecule has 60 valence electrons. The second kappa shape index (κ2) is 2.74. The van der Waals surface area contributed by atoms with Crippen molar-refractivity contribution in [3.05, 3.63) is 17.5 Å². The molecule has 0 spiro atoms. The minimum absolute atomic E-state index is 0.173.